The second-order valence-electron chi connectivity index (χ2n) is 6.89. The molecule has 0 amide bonds. The molecule has 1 aliphatic rings. The van der Waals surface area contributed by atoms with Crippen molar-refractivity contribution >= 4 is 23.0 Å². The monoisotopic (exact) mass is 383 g/mol. The number of benzene rings is 1. The molecule has 148 valence electrons. The van der Waals surface area contributed by atoms with Crippen LogP contribution >= 0.6 is 0 Å². The number of aromatic nitrogens is 1. The van der Waals surface area contributed by atoms with Gasteiger partial charge in [-0.15, -0.1) is 0 Å². The average molecular weight is 383 g/mol. The van der Waals surface area contributed by atoms with Crippen molar-refractivity contribution in [1.82, 2.24) is 14.8 Å². The number of hydrogen-bond acceptors (Lipinski definition) is 6. The Morgan fingerprint density at radius 2 is 2.04 bits per heavy atom. The van der Waals surface area contributed by atoms with Crippen molar-refractivity contribution in [2.45, 2.75) is 26.1 Å². The summed E-state index contributed by atoms with van der Waals surface area (Å²) in [4.78, 5) is 26.9. The lowest BCUT2D eigenvalue weighted by molar-refractivity contribution is -0.160. The molecule has 3 rings (SSSR count). The Bertz CT molecular complexity index is 927. The van der Waals surface area contributed by atoms with E-state index in [0.29, 0.717) is 12.0 Å². The van der Waals surface area contributed by atoms with Gasteiger partial charge in [0.2, 0.25) is 6.29 Å². The summed E-state index contributed by atoms with van der Waals surface area (Å²) in [5, 5.41) is 3.85. The van der Waals surface area contributed by atoms with Gasteiger partial charge in [-0.2, -0.15) is 0 Å². The summed E-state index contributed by atoms with van der Waals surface area (Å²) in [6.07, 6.45) is 6.63. The third kappa shape index (κ3) is 4.61. The minimum absolute atomic E-state index is 0.475. The first kappa shape index (κ1) is 19.7. The molecule has 1 aromatic carbocycles. The van der Waals surface area contributed by atoms with E-state index in [-0.39, 0.29) is 0 Å². The van der Waals surface area contributed by atoms with Crippen LogP contribution in [0.15, 0.2) is 54.5 Å². The molecule has 0 radical (unpaired) electrons. The van der Waals surface area contributed by atoms with E-state index in [0.717, 1.165) is 29.4 Å². The standard InChI is InChI=1S/C21H25N3O4/c1-15(27-20(25)16-7-6-11-22-13-16)28-21(26)24-14-17(10-12-23(2)3)18-8-4-5-9-19(18)24/h4-6,8-9,11,13-15,22H,7,10,12H2,1-3H3. The van der Waals surface area contributed by atoms with Gasteiger partial charge in [-0.05, 0) is 38.3 Å². The molecular weight excluding hydrogens is 358 g/mol. The van der Waals surface area contributed by atoms with Crippen molar-refractivity contribution in [1.29, 1.82) is 0 Å². The summed E-state index contributed by atoms with van der Waals surface area (Å²) in [7, 11) is 4.02. The predicted molar refractivity (Wildman–Crippen MR) is 107 cm³/mol. The molecule has 28 heavy (non-hydrogen) atoms. The molecule has 1 aromatic heterocycles. The van der Waals surface area contributed by atoms with Gasteiger partial charge in [-0.3, -0.25) is 4.57 Å². The van der Waals surface area contributed by atoms with Crippen LogP contribution < -0.4 is 5.32 Å². The summed E-state index contributed by atoms with van der Waals surface area (Å²) in [5.74, 6) is -0.513. The maximum Gasteiger partial charge on any atom is 0.421 e. The van der Waals surface area contributed by atoms with Gasteiger partial charge in [0.25, 0.3) is 0 Å². The number of hydrogen-bond donors (Lipinski definition) is 1. The average Bonchev–Trinajstić information content (AvgIpc) is 3.06. The Morgan fingerprint density at radius 1 is 1.25 bits per heavy atom. The third-order valence-electron chi connectivity index (χ3n) is 4.43. The fourth-order valence-corrected chi connectivity index (χ4v) is 3.00. The molecule has 0 saturated heterocycles. The highest BCUT2D eigenvalue weighted by atomic mass is 16.7. The lowest BCUT2D eigenvalue weighted by atomic mass is 10.1. The number of fused-ring (bicyclic) bond motifs is 1. The maximum atomic E-state index is 12.7. The van der Waals surface area contributed by atoms with Crippen molar-refractivity contribution in [3.8, 4) is 0 Å². The zero-order valence-corrected chi connectivity index (χ0v) is 16.3. The van der Waals surface area contributed by atoms with Crippen LogP contribution in [0.4, 0.5) is 4.79 Å². The predicted octanol–water partition coefficient (Wildman–Crippen LogP) is 3.01. The van der Waals surface area contributed by atoms with E-state index in [1.54, 1.807) is 18.6 Å². The molecule has 0 saturated carbocycles. The molecule has 0 aliphatic carbocycles. The maximum absolute atomic E-state index is 12.7. The lowest BCUT2D eigenvalue weighted by Crippen LogP contribution is -2.25. The van der Waals surface area contributed by atoms with E-state index in [1.165, 1.54) is 11.5 Å². The molecule has 1 aliphatic heterocycles. The fraction of sp³-hybridized carbons (Fsp3) is 0.333. The van der Waals surface area contributed by atoms with E-state index >= 15 is 0 Å². The number of likely N-dealkylation sites (N-methyl/N-ethyl adjacent to an activating group) is 1. The molecular formula is C21H25N3O4. The number of allylic oxidation sites excluding steroid dienone is 1. The molecule has 7 nitrogen and oxygen atoms in total. The Kier molecular flexibility index (Phi) is 6.16. The van der Waals surface area contributed by atoms with Crippen molar-refractivity contribution < 1.29 is 19.1 Å². The summed E-state index contributed by atoms with van der Waals surface area (Å²) in [6.45, 7) is 2.40. The van der Waals surface area contributed by atoms with Gasteiger partial charge in [-0.1, -0.05) is 24.3 Å². The number of nitrogens with one attached hydrogen (secondary N) is 1. The van der Waals surface area contributed by atoms with Crippen LogP contribution in [-0.4, -0.2) is 48.5 Å². The van der Waals surface area contributed by atoms with Crippen LogP contribution in [0.25, 0.3) is 10.9 Å². The SMILES string of the molecule is CC(OC(=O)C1=CNC=CC1)OC(=O)n1cc(CCN(C)C)c2ccccc21. The van der Waals surface area contributed by atoms with Gasteiger partial charge < -0.3 is 19.7 Å². The van der Waals surface area contributed by atoms with Gasteiger partial charge in [0.1, 0.15) is 0 Å². The van der Waals surface area contributed by atoms with Crippen molar-refractivity contribution in [3.63, 3.8) is 0 Å². The molecule has 1 unspecified atom stereocenters. The van der Waals surface area contributed by atoms with E-state index in [2.05, 4.69) is 10.2 Å². The number of esters is 1. The van der Waals surface area contributed by atoms with E-state index in [1.807, 2.05) is 44.4 Å². The largest absolute Gasteiger partial charge is 0.422 e. The molecule has 7 heteroatoms. The fourth-order valence-electron chi connectivity index (χ4n) is 3.00. The second kappa shape index (κ2) is 8.75. The van der Waals surface area contributed by atoms with Crippen LogP contribution in [0.3, 0.4) is 0 Å². The van der Waals surface area contributed by atoms with Crippen molar-refractivity contribution in [2.75, 3.05) is 20.6 Å². The Morgan fingerprint density at radius 3 is 2.75 bits per heavy atom. The zero-order valence-electron chi connectivity index (χ0n) is 16.3. The van der Waals surface area contributed by atoms with Gasteiger partial charge in [0, 0.05) is 37.7 Å². The molecule has 2 aromatic rings. The highest BCUT2D eigenvalue weighted by Crippen LogP contribution is 2.22. The Balaban J connectivity index is 1.70. The van der Waals surface area contributed by atoms with Crippen molar-refractivity contribution in [3.05, 3.63) is 60.1 Å². The van der Waals surface area contributed by atoms with Gasteiger partial charge >= 0.3 is 12.1 Å². The van der Waals surface area contributed by atoms with Gasteiger partial charge in [0.05, 0.1) is 11.1 Å². The number of dihydropyridines is 1. The molecule has 0 spiro atoms. The second-order valence-corrected chi connectivity index (χ2v) is 6.89. The Hall–Kier alpha value is -3.06. The van der Waals surface area contributed by atoms with E-state index in [9.17, 15) is 9.59 Å². The van der Waals surface area contributed by atoms with Crippen LogP contribution in [0.2, 0.25) is 0 Å². The number of carbonyl (C=O) groups is 2. The molecule has 0 fully saturated rings. The third-order valence-corrected chi connectivity index (χ3v) is 4.43. The van der Waals surface area contributed by atoms with Crippen LogP contribution in [0.1, 0.15) is 18.9 Å². The zero-order chi connectivity index (χ0) is 20.1. The summed E-state index contributed by atoms with van der Waals surface area (Å²) < 4.78 is 12.1. The lowest BCUT2D eigenvalue weighted by Gasteiger charge is -2.16. The van der Waals surface area contributed by atoms with E-state index in [4.69, 9.17) is 9.47 Å². The van der Waals surface area contributed by atoms with Crippen LogP contribution in [0.5, 0.6) is 0 Å². The first-order chi connectivity index (χ1) is 13.5. The summed E-state index contributed by atoms with van der Waals surface area (Å²) in [5.41, 5.74) is 2.31. The first-order valence-corrected chi connectivity index (χ1v) is 9.21. The molecule has 2 heterocycles. The van der Waals surface area contributed by atoms with Gasteiger partial charge in [0.15, 0.2) is 0 Å². The molecule has 0 bridgehead atoms. The van der Waals surface area contributed by atoms with E-state index < -0.39 is 18.4 Å². The quantitative estimate of drug-likeness (QED) is 0.611. The topological polar surface area (TPSA) is 72.8 Å². The Labute approximate surface area is 164 Å². The number of para-hydroxylation sites is 1. The molecule has 1 atom stereocenters. The highest BCUT2D eigenvalue weighted by molar-refractivity contribution is 5.92. The van der Waals surface area contributed by atoms with Gasteiger partial charge in [-0.25, -0.2) is 9.59 Å². The van der Waals surface area contributed by atoms with Crippen LogP contribution in [-0.2, 0) is 20.7 Å². The molecule has 1 N–H and O–H groups in total. The minimum atomic E-state index is -1.00. The van der Waals surface area contributed by atoms with Crippen molar-refractivity contribution in [2.24, 2.45) is 0 Å². The summed E-state index contributed by atoms with van der Waals surface area (Å²) in [6, 6.07) is 7.68. The first-order valence-electron chi connectivity index (χ1n) is 9.21. The highest BCUT2D eigenvalue weighted by Gasteiger charge is 2.20. The minimum Gasteiger partial charge on any atom is -0.422 e. The normalized spacial score (nSPS) is 14.5. The van der Waals surface area contributed by atoms with Crippen LogP contribution in [0, 0.1) is 0 Å². The number of nitrogens with zero attached hydrogens (tertiary/aromatic N) is 2. The smallest absolute Gasteiger partial charge is 0.421 e. The number of rotatable bonds is 6. The number of carbonyl (C=O) groups excluding carboxylic acids is 2. The number of ether oxygens (including phenoxy) is 2. The summed E-state index contributed by atoms with van der Waals surface area (Å²) >= 11 is 0.